The first-order chi connectivity index (χ1) is 8.67. The van der Waals surface area contributed by atoms with Crippen LogP contribution in [-0.4, -0.2) is 23.6 Å². The number of nitrogens with two attached hydrogens (primary N) is 1. The third-order valence-corrected chi connectivity index (χ3v) is 3.71. The van der Waals surface area contributed by atoms with Crippen molar-refractivity contribution in [3.63, 3.8) is 0 Å². The maximum Gasteiger partial charge on any atom is 0.148 e. The number of nitrogens with zero attached hydrogens (tertiary/aromatic N) is 3. The Morgan fingerprint density at radius 2 is 2.22 bits per heavy atom. The largest absolute Gasteiger partial charge is 0.359 e. The van der Waals surface area contributed by atoms with Gasteiger partial charge in [0.25, 0.3) is 0 Å². The number of hydrogen-bond donors (Lipinski definition) is 2. The molecule has 0 bridgehead atoms. The minimum absolute atomic E-state index is 0.748. The zero-order valence-electron chi connectivity index (χ0n) is 11.5. The summed E-state index contributed by atoms with van der Waals surface area (Å²) in [5, 5.41) is 0. The standard InChI is InChI=1S/C13H23N5/c1-4-5-11-12(17-14)15-8-16-13(11)18(3)7-10-6-9(10)2/h8-10H,4-7,14H2,1-3H3,(H,15,16,17). The molecule has 0 saturated heterocycles. The van der Waals surface area contributed by atoms with Gasteiger partial charge in [0.2, 0.25) is 0 Å². The van der Waals surface area contributed by atoms with Gasteiger partial charge in [0.1, 0.15) is 18.0 Å². The number of hydrazine groups is 1. The lowest BCUT2D eigenvalue weighted by Crippen LogP contribution is -2.24. The van der Waals surface area contributed by atoms with Crippen molar-refractivity contribution in [2.45, 2.75) is 33.1 Å². The molecule has 100 valence electrons. The molecule has 18 heavy (non-hydrogen) atoms. The molecular formula is C13H23N5. The number of aromatic nitrogens is 2. The molecule has 1 heterocycles. The van der Waals surface area contributed by atoms with Crippen molar-refractivity contribution in [2.24, 2.45) is 17.7 Å². The first-order valence-electron chi connectivity index (χ1n) is 6.69. The molecule has 1 aliphatic carbocycles. The van der Waals surface area contributed by atoms with Crippen molar-refractivity contribution in [3.8, 4) is 0 Å². The Labute approximate surface area is 109 Å². The first kappa shape index (κ1) is 13.1. The number of hydrogen-bond acceptors (Lipinski definition) is 5. The van der Waals surface area contributed by atoms with E-state index in [0.717, 1.165) is 48.4 Å². The fourth-order valence-corrected chi connectivity index (χ4v) is 2.43. The van der Waals surface area contributed by atoms with E-state index >= 15 is 0 Å². The number of nitrogens with one attached hydrogen (secondary N) is 1. The van der Waals surface area contributed by atoms with Gasteiger partial charge in [-0.05, 0) is 24.7 Å². The predicted octanol–water partition coefficient (Wildman–Crippen LogP) is 1.81. The van der Waals surface area contributed by atoms with Crippen LogP contribution in [0.3, 0.4) is 0 Å². The predicted molar refractivity (Wildman–Crippen MR) is 74.4 cm³/mol. The van der Waals surface area contributed by atoms with E-state index in [1.54, 1.807) is 6.33 Å². The van der Waals surface area contributed by atoms with Crippen LogP contribution in [0, 0.1) is 11.8 Å². The molecular weight excluding hydrogens is 226 g/mol. The van der Waals surface area contributed by atoms with Gasteiger partial charge in [0.15, 0.2) is 0 Å². The van der Waals surface area contributed by atoms with Gasteiger partial charge in [-0.1, -0.05) is 20.3 Å². The van der Waals surface area contributed by atoms with Crippen LogP contribution in [0.25, 0.3) is 0 Å². The molecule has 1 aromatic rings. The second-order valence-corrected chi connectivity index (χ2v) is 5.27. The fraction of sp³-hybridized carbons (Fsp3) is 0.692. The fourth-order valence-electron chi connectivity index (χ4n) is 2.43. The summed E-state index contributed by atoms with van der Waals surface area (Å²) < 4.78 is 0. The molecule has 1 aromatic heterocycles. The van der Waals surface area contributed by atoms with Crippen LogP contribution in [0.5, 0.6) is 0 Å². The van der Waals surface area contributed by atoms with Crippen LogP contribution < -0.4 is 16.2 Å². The Bertz CT molecular complexity index is 406. The lowest BCUT2D eigenvalue weighted by Gasteiger charge is -2.22. The maximum absolute atomic E-state index is 5.53. The van der Waals surface area contributed by atoms with Gasteiger partial charge in [0, 0.05) is 19.2 Å². The number of nitrogen functional groups attached to an aromatic ring is 1. The summed E-state index contributed by atoms with van der Waals surface area (Å²) in [6.45, 7) is 5.53. The number of anilines is 2. The zero-order chi connectivity index (χ0) is 13.1. The van der Waals surface area contributed by atoms with Crippen LogP contribution in [0.1, 0.15) is 32.3 Å². The van der Waals surface area contributed by atoms with Crippen LogP contribution in [0.2, 0.25) is 0 Å². The third kappa shape index (κ3) is 2.72. The van der Waals surface area contributed by atoms with Gasteiger partial charge < -0.3 is 10.3 Å². The van der Waals surface area contributed by atoms with E-state index in [1.807, 2.05) is 0 Å². The monoisotopic (exact) mass is 249 g/mol. The van der Waals surface area contributed by atoms with Crippen molar-refractivity contribution in [1.82, 2.24) is 9.97 Å². The highest BCUT2D eigenvalue weighted by Gasteiger charge is 2.33. The smallest absolute Gasteiger partial charge is 0.148 e. The van der Waals surface area contributed by atoms with Crippen LogP contribution in [0.4, 0.5) is 11.6 Å². The minimum atomic E-state index is 0.748. The molecule has 3 N–H and O–H groups in total. The Balaban J connectivity index is 2.19. The topological polar surface area (TPSA) is 67.1 Å². The molecule has 2 rings (SSSR count). The molecule has 1 saturated carbocycles. The third-order valence-electron chi connectivity index (χ3n) is 3.71. The molecule has 0 amide bonds. The highest BCUT2D eigenvalue weighted by Crippen LogP contribution is 2.39. The molecule has 0 aliphatic heterocycles. The van der Waals surface area contributed by atoms with Gasteiger partial charge in [-0.15, -0.1) is 0 Å². The Morgan fingerprint density at radius 1 is 1.50 bits per heavy atom. The molecule has 0 radical (unpaired) electrons. The van der Waals surface area contributed by atoms with Crippen molar-refractivity contribution >= 4 is 11.6 Å². The van der Waals surface area contributed by atoms with Gasteiger partial charge in [0.05, 0.1) is 0 Å². The maximum atomic E-state index is 5.53. The molecule has 0 aromatic carbocycles. The molecule has 5 heteroatoms. The van der Waals surface area contributed by atoms with E-state index in [2.05, 4.69) is 41.2 Å². The van der Waals surface area contributed by atoms with Gasteiger partial charge in [-0.2, -0.15) is 0 Å². The average molecular weight is 249 g/mol. The summed E-state index contributed by atoms with van der Waals surface area (Å²) in [7, 11) is 2.10. The van der Waals surface area contributed by atoms with Crippen LogP contribution in [-0.2, 0) is 6.42 Å². The van der Waals surface area contributed by atoms with Gasteiger partial charge in [-0.25, -0.2) is 15.8 Å². The van der Waals surface area contributed by atoms with E-state index < -0.39 is 0 Å². The first-order valence-corrected chi connectivity index (χ1v) is 6.69. The van der Waals surface area contributed by atoms with Crippen molar-refractivity contribution in [2.75, 3.05) is 23.9 Å². The second-order valence-electron chi connectivity index (χ2n) is 5.27. The Hall–Kier alpha value is -1.36. The van der Waals surface area contributed by atoms with Gasteiger partial charge >= 0.3 is 0 Å². The second kappa shape index (κ2) is 5.52. The molecule has 5 nitrogen and oxygen atoms in total. The normalized spacial score (nSPS) is 21.8. The highest BCUT2D eigenvalue weighted by molar-refractivity contribution is 5.58. The highest BCUT2D eigenvalue weighted by atomic mass is 15.3. The summed E-state index contributed by atoms with van der Waals surface area (Å²) in [5.41, 5.74) is 3.80. The van der Waals surface area contributed by atoms with Crippen molar-refractivity contribution < 1.29 is 0 Å². The van der Waals surface area contributed by atoms with Crippen molar-refractivity contribution in [3.05, 3.63) is 11.9 Å². The van der Waals surface area contributed by atoms with Crippen LogP contribution in [0.15, 0.2) is 6.33 Å². The quantitative estimate of drug-likeness (QED) is 0.594. The lowest BCUT2D eigenvalue weighted by atomic mass is 10.1. The molecule has 1 fully saturated rings. The molecule has 0 spiro atoms. The Morgan fingerprint density at radius 3 is 2.78 bits per heavy atom. The van der Waals surface area contributed by atoms with E-state index in [4.69, 9.17) is 5.84 Å². The van der Waals surface area contributed by atoms with E-state index in [9.17, 15) is 0 Å². The molecule has 2 unspecified atom stereocenters. The van der Waals surface area contributed by atoms with E-state index in [0.29, 0.717) is 0 Å². The van der Waals surface area contributed by atoms with Crippen molar-refractivity contribution in [1.29, 1.82) is 0 Å². The van der Waals surface area contributed by atoms with Gasteiger partial charge in [-0.3, -0.25) is 0 Å². The SMILES string of the molecule is CCCc1c(NN)ncnc1N(C)CC1CC1C. The Kier molecular flexibility index (Phi) is 4.01. The molecule has 1 aliphatic rings. The van der Waals surface area contributed by atoms with Crippen LogP contribution >= 0.6 is 0 Å². The number of rotatable bonds is 6. The summed E-state index contributed by atoms with van der Waals surface area (Å²) >= 11 is 0. The molecule has 2 atom stereocenters. The minimum Gasteiger partial charge on any atom is -0.359 e. The average Bonchev–Trinajstić information content (AvgIpc) is 3.05. The summed E-state index contributed by atoms with van der Waals surface area (Å²) in [6.07, 6.45) is 4.92. The zero-order valence-corrected chi connectivity index (χ0v) is 11.5. The summed E-state index contributed by atoms with van der Waals surface area (Å²) in [5.74, 6) is 8.96. The van der Waals surface area contributed by atoms with E-state index in [-0.39, 0.29) is 0 Å². The lowest BCUT2D eigenvalue weighted by molar-refractivity contribution is 0.713. The summed E-state index contributed by atoms with van der Waals surface area (Å²) in [6, 6.07) is 0. The summed E-state index contributed by atoms with van der Waals surface area (Å²) in [4.78, 5) is 10.9. The van der Waals surface area contributed by atoms with E-state index in [1.165, 1.54) is 6.42 Å².